The lowest BCUT2D eigenvalue weighted by molar-refractivity contribution is 0.775. The van der Waals surface area contributed by atoms with Gasteiger partial charge in [0.05, 0.1) is 12.0 Å². The highest BCUT2D eigenvalue weighted by atomic mass is 15.1. The number of nitrogens with one attached hydrogen (secondary N) is 1. The molecule has 0 aromatic heterocycles. The number of para-hydroxylation sites is 1. The van der Waals surface area contributed by atoms with Crippen LogP contribution in [0.2, 0.25) is 6.82 Å². The van der Waals surface area contributed by atoms with Crippen molar-refractivity contribution in [2.75, 3.05) is 14.1 Å². The average Bonchev–Trinajstić information content (AvgIpc) is 2.26. The van der Waals surface area contributed by atoms with Gasteiger partial charge in [-0.1, -0.05) is 18.2 Å². The number of hydrogen-bond donors (Lipinski definition) is 1. The van der Waals surface area contributed by atoms with Gasteiger partial charge in [-0.3, -0.25) is 0 Å². The number of hydrogen-bond acceptors (Lipinski definition) is 2. The summed E-state index contributed by atoms with van der Waals surface area (Å²) in [6, 6.07) is 9.91. The van der Waals surface area contributed by atoms with Crippen LogP contribution in [0, 0.1) is 0 Å². The van der Waals surface area contributed by atoms with Gasteiger partial charge in [0.1, 0.15) is 0 Å². The second-order valence-corrected chi connectivity index (χ2v) is 3.21. The van der Waals surface area contributed by atoms with Crippen LogP contribution in [-0.2, 0) is 0 Å². The molecule has 0 spiro atoms. The number of nitrogens with zero attached hydrogens (tertiary/aromatic N) is 2. The molecule has 14 heavy (non-hydrogen) atoms. The Labute approximate surface area is 86.0 Å². The molecule has 0 aliphatic rings. The van der Waals surface area contributed by atoms with Crippen molar-refractivity contribution in [1.82, 2.24) is 10.0 Å². The summed E-state index contributed by atoms with van der Waals surface area (Å²) < 4.78 is 0. The van der Waals surface area contributed by atoms with E-state index in [4.69, 9.17) is 0 Å². The van der Waals surface area contributed by atoms with Crippen molar-refractivity contribution in [2.45, 2.75) is 6.82 Å². The van der Waals surface area contributed by atoms with Crippen LogP contribution in [0.4, 0.5) is 5.69 Å². The third kappa shape index (κ3) is 3.22. The summed E-state index contributed by atoms with van der Waals surface area (Å²) in [4.78, 5) is 6.36. The van der Waals surface area contributed by atoms with Crippen LogP contribution in [0.5, 0.6) is 0 Å². The fourth-order valence-corrected chi connectivity index (χ4v) is 0.975. The standard InChI is InChI=1S/C10H16BN3/c1-11(12-2)14(3)9-13-10-7-5-4-6-8-10/h4-9,12H,1-3H3/b13-9+. The second-order valence-electron chi connectivity index (χ2n) is 3.21. The molecule has 0 fully saturated rings. The van der Waals surface area contributed by atoms with Crippen LogP contribution in [0.3, 0.4) is 0 Å². The summed E-state index contributed by atoms with van der Waals surface area (Å²) in [6.45, 7) is 2.37. The SMILES string of the molecule is CNB(C)N(C)/C=N/c1ccccc1. The molecule has 1 aromatic rings. The van der Waals surface area contributed by atoms with Crippen molar-refractivity contribution in [3.63, 3.8) is 0 Å². The minimum Gasteiger partial charge on any atom is -0.395 e. The Hall–Kier alpha value is -1.29. The Balaban J connectivity index is 2.56. The van der Waals surface area contributed by atoms with Crippen LogP contribution < -0.4 is 5.23 Å². The van der Waals surface area contributed by atoms with Crippen LogP contribution in [0.25, 0.3) is 0 Å². The topological polar surface area (TPSA) is 27.6 Å². The van der Waals surface area contributed by atoms with Gasteiger partial charge in [-0.15, -0.1) is 0 Å². The molecule has 0 aliphatic carbocycles. The molecule has 0 saturated carbocycles. The van der Waals surface area contributed by atoms with Crippen LogP contribution in [0.15, 0.2) is 35.3 Å². The summed E-state index contributed by atoms with van der Waals surface area (Å²) in [7, 11) is 3.92. The first kappa shape index (κ1) is 10.8. The van der Waals surface area contributed by atoms with Gasteiger partial charge in [0.2, 0.25) is 0 Å². The van der Waals surface area contributed by atoms with E-state index in [2.05, 4.69) is 17.0 Å². The normalized spacial score (nSPS) is 10.5. The molecule has 1 N–H and O–H groups in total. The molecule has 0 heterocycles. The highest BCUT2D eigenvalue weighted by Gasteiger charge is 2.07. The number of benzene rings is 1. The number of rotatable bonds is 4. The molecule has 1 aromatic carbocycles. The Morgan fingerprint density at radius 3 is 2.57 bits per heavy atom. The van der Waals surface area contributed by atoms with Gasteiger partial charge in [-0.2, -0.15) is 0 Å². The van der Waals surface area contributed by atoms with Gasteiger partial charge in [-0.25, -0.2) is 4.99 Å². The minimum absolute atomic E-state index is 0.294. The highest BCUT2D eigenvalue weighted by Crippen LogP contribution is 2.08. The third-order valence-corrected chi connectivity index (χ3v) is 2.17. The molecule has 3 nitrogen and oxygen atoms in total. The lowest BCUT2D eigenvalue weighted by atomic mass is 9.79. The number of aliphatic imine (C=N–C) groups is 1. The molecule has 0 radical (unpaired) electrons. The minimum atomic E-state index is 0.294. The largest absolute Gasteiger partial charge is 0.395 e. The molecule has 74 valence electrons. The molecule has 0 amide bonds. The quantitative estimate of drug-likeness (QED) is 0.442. The van der Waals surface area contributed by atoms with Crippen molar-refractivity contribution < 1.29 is 0 Å². The molecule has 4 heteroatoms. The predicted octanol–water partition coefficient (Wildman–Crippen LogP) is 1.62. The van der Waals surface area contributed by atoms with Crippen molar-refractivity contribution in [2.24, 2.45) is 4.99 Å². The smallest absolute Gasteiger partial charge is 0.337 e. The Kier molecular flexibility index (Phi) is 4.20. The molecule has 0 aliphatic heterocycles. The molecule has 0 bridgehead atoms. The van der Waals surface area contributed by atoms with E-state index in [1.165, 1.54) is 0 Å². The molecular weight excluding hydrogens is 173 g/mol. The van der Waals surface area contributed by atoms with Crippen molar-refractivity contribution in [1.29, 1.82) is 0 Å². The first-order valence-corrected chi connectivity index (χ1v) is 4.72. The first-order chi connectivity index (χ1) is 6.74. The monoisotopic (exact) mass is 189 g/mol. The van der Waals surface area contributed by atoms with Gasteiger partial charge in [-0.05, 0) is 33.1 Å². The molecule has 0 unspecified atom stereocenters. The summed E-state index contributed by atoms with van der Waals surface area (Å²) >= 11 is 0. The fraction of sp³-hybridized carbons (Fsp3) is 0.300. The molecule has 1 rings (SSSR count). The summed E-state index contributed by atoms with van der Waals surface area (Å²) in [5.41, 5.74) is 0.975. The summed E-state index contributed by atoms with van der Waals surface area (Å²) in [5, 5.41) is 3.14. The van der Waals surface area contributed by atoms with Gasteiger partial charge in [0.25, 0.3) is 0 Å². The zero-order valence-corrected chi connectivity index (χ0v) is 8.94. The zero-order chi connectivity index (χ0) is 10.4. The maximum Gasteiger partial charge on any atom is 0.337 e. The fourth-order valence-electron chi connectivity index (χ4n) is 0.975. The summed E-state index contributed by atoms with van der Waals surface area (Å²) in [6.07, 6.45) is 1.83. The van der Waals surface area contributed by atoms with Gasteiger partial charge < -0.3 is 10.0 Å². The summed E-state index contributed by atoms with van der Waals surface area (Å²) in [5.74, 6) is 0. The van der Waals surface area contributed by atoms with Crippen molar-refractivity contribution in [3.8, 4) is 0 Å². The van der Waals surface area contributed by atoms with Crippen LogP contribution in [-0.4, -0.2) is 32.2 Å². The zero-order valence-electron chi connectivity index (χ0n) is 8.94. The molecular formula is C10H16BN3. The van der Waals surface area contributed by atoms with Gasteiger partial charge in [0.15, 0.2) is 0 Å². The Morgan fingerprint density at radius 2 is 2.00 bits per heavy atom. The van der Waals surface area contributed by atoms with Crippen molar-refractivity contribution in [3.05, 3.63) is 30.3 Å². The van der Waals surface area contributed by atoms with E-state index in [9.17, 15) is 0 Å². The third-order valence-electron chi connectivity index (χ3n) is 2.17. The van der Waals surface area contributed by atoms with E-state index >= 15 is 0 Å². The molecule has 0 saturated heterocycles. The average molecular weight is 189 g/mol. The Morgan fingerprint density at radius 1 is 1.36 bits per heavy atom. The maximum atomic E-state index is 4.34. The van der Waals surface area contributed by atoms with E-state index < -0.39 is 0 Å². The van der Waals surface area contributed by atoms with E-state index in [0.29, 0.717) is 6.98 Å². The lowest BCUT2D eigenvalue weighted by Gasteiger charge is -2.17. The van der Waals surface area contributed by atoms with Crippen LogP contribution >= 0.6 is 0 Å². The van der Waals surface area contributed by atoms with E-state index in [-0.39, 0.29) is 0 Å². The lowest BCUT2D eigenvalue weighted by Crippen LogP contribution is -2.43. The molecule has 0 atom stereocenters. The van der Waals surface area contributed by atoms with Gasteiger partial charge >= 0.3 is 6.98 Å². The highest BCUT2D eigenvalue weighted by molar-refractivity contribution is 6.53. The van der Waals surface area contributed by atoms with Crippen molar-refractivity contribution >= 4 is 19.0 Å². The maximum absolute atomic E-state index is 4.34. The predicted molar refractivity (Wildman–Crippen MR) is 63.0 cm³/mol. The second kappa shape index (κ2) is 5.45. The van der Waals surface area contributed by atoms with Gasteiger partial charge in [0, 0.05) is 0 Å². The Bertz CT molecular complexity index is 287. The van der Waals surface area contributed by atoms with E-state index in [0.717, 1.165) is 5.69 Å². The van der Waals surface area contributed by atoms with Crippen LogP contribution in [0.1, 0.15) is 0 Å². The van der Waals surface area contributed by atoms with E-state index in [1.807, 2.05) is 55.6 Å². The first-order valence-electron chi connectivity index (χ1n) is 4.72. The van der Waals surface area contributed by atoms with E-state index in [1.54, 1.807) is 0 Å².